The standard InChI is InChI=1S/C18H23ClN4O2S.HI/c1-11-16(26-12(2)23-11)10-22-18(20-3)21-5-4-13-8-14(19)17-15(9-13)24-6-7-25-17;/h8-9H,4-7,10H2,1-3H3,(H2,20,21,22);1H. The first kappa shape index (κ1) is 22.0. The number of hydrogen-bond acceptors (Lipinski definition) is 5. The first-order valence-electron chi connectivity index (χ1n) is 8.52. The average Bonchev–Trinajstić information content (AvgIpc) is 2.95. The summed E-state index contributed by atoms with van der Waals surface area (Å²) >= 11 is 7.99. The van der Waals surface area contributed by atoms with Crippen molar-refractivity contribution in [3.05, 3.63) is 38.3 Å². The first-order chi connectivity index (χ1) is 12.6. The van der Waals surface area contributed by atoms with E-state index in [1.165, 1.54) is 4.88 Å². The SMILES string of the molecule is CN=C(NCCc1cc(Cl)c2c(c1)OCCO2)NCc1sc(C)nc1C.I. The van der Waals surface area contributed by atoms with E-state index in [1.54, 1.807) is 18.4 Å². The Kier molecular flexibility index (Phi) is 8.43. The molecule has 0 saturated heterocycles. The second-order valence-corrected chi connectivity index (χ2v) is 7.64. The molecule has 2 heterocycles. The number of aliphatic imine (C=N–C) groups is 1. The molecule has 0 amide bonds. The van der Waals surface area contributed by atoms with Crippen LogP contribution in [0.15, 0.2) is 17.1 Å². The number of aromatic nitrogens is 1. The molecule has 9 heteroatoms. The van der Waals surface area contributed by atoms with Crippen LogP contribution in [-0.4, -0.2) is 37.7 Å². The first-order valence-corrected chi connectivity index (χ1v) is 9.71. The van der Waals surface area contributed by atoms with E-state index < -0.39 is 0 Å². The van der Waals surface area contributed by atoms with Crippen LogP contribution in [0.1, 0.15) is 21.1 Å². The molecule has 3 rings (SSSR count). The van der Waals surface area contributed by atoms with Crippen molar-refractivity contribution < 1.29 is 9.47 Å². The summed E-state index contributed by atoms with van der Waals surface area (Å²) in [6.45, 7) is 6.59. The molecule has 148 valence electrons. The van der Waals surface area contributed by atoms with Gasteiger partial charge in [0.2, 0.25) is 0 Å². The van der Waals surface area contributed by atoms with E-state index in [0.29, 0.717) is 30.5 Å². The second-order valence-electron chi connectivity index (χ2n) is 5.95. The number of thiazole rings is 1. The summed E-state index contributed by atoms with van der Waals surface area (Å²) in [5, 5.41) is 8.32. The third-order valence-electron chi connectivity index (χ3n) is 4.00. The zero-order valence-electron chi connectivity index (χ0n) is 15.6. The van der Waals surface area contributed by atoms with Gasteiger partial charge in [-0.15, -0.1) is 35.3 Å². The Bertz CT molecular complexity index is 813. The quantitative estimate of drug-likeness (QED) is 0.356. The van der Waals surface area contributed by atoms with Gasteiger partial charge in [0, 0.05) is 18.5 Å². The smallest absolute Gasteiger partial charge is 0.191 e. The lowest BCUT2D eigenvalue weighted by molar-refractivity contribution is 0.171. The maximum absolute atomic E-state index is 6.28. The van der Waals surface area contributed by atoms with Gasteiger partial charge in [0.25, 0.3) is 0 Å². The van der Waals surface area contributed by atoms with Gasteiger partial charge in [-0.3, -0.25) is 4.99 Å². The molecule has 0 atom stereocenters. The largest absolute Gasteiger partial charge is 0.486 e. The molecular weight excluding hydrogens is 499 g/mol. The fraction of sp³-hybridized carbons (Fsp3) is 0.444. The van der Waals surface area contributed by atoms with Gasteiger partial charge in [-0.05, 0) is 38.0 Å². The van der Waals surface area contributed by atoms with Crippen LogP contribution in [0.4, 0.5) is 0 Å². The van der Waals surface area contributed by atoms with E-state index >= 15 is 0 Å². The summed E-state index contributed by atoms with van der Waals surface area (Å²) in [7, 11) is 1.76. The Morgan fingerprint density at radius 1 is 1.26 bits per heavy atom. The Labute approximate surface area is 185 Å². The maximum Gasteiger partial charge on any atom is 0.191 e. The topological polar surface area (TPSA) is 67.8 Å². The lowest BCUT2D eigenvalue weighted by atomic mass is 10.1. The number of aryl methyl sites for hydroxylation is 2. The minimum Gasteiger partial charge on any atom is -0.486 e. The number of benzene rings is 1. The molecule has 1 aromatic heterocycles. The monoisotopic (exact) mass is 522 g/mol. The normalized spacial score (nSPS) is 13.1. The van der Waals surface area contributed by atoms with Crippen molar-refractivity contribution in [2.24, 2.45) is 4.99 Å². The predicted octanol–water partition coefficient (Wildman–Crippen LogP) is 3.71. The summed E-state index contributed by atoms with van der Waals surface area (Å²) in [5.41, 5.74) is 2.16. The Hall–Kier alpha value is -1.26. The van der Waals surface area contributed by atoms with Crippen LogP contribution in [0.5, 0.6) is 11.5 Å². The van der Waals surface area contributed by atoms with Gasteiger partial charge >= 0.3 is 0 Å². The summed E-state index contributed by atoms with van der Waals surface area (Å²) in [6.07, 6.45) is 0.801. The lowest BCUT2D eigenvalue weighted by Gasteiger charge is -2.20. The van der Waals surface area contributed by atoms with Crippen LogP contribution in [0.25, 0.3) is 0 Å². The minimum atomic E-state index is 0. The molecule has 0 bridgehead atoms. The Morgan fingerprint density at radius 3 is 2.74 bits per heavy atom. The van der Waals surface area contributed by atoms with Gasteiger partial charge in [0.15, 0.2) is 17.5 Å². The second kappa shape index (κ2) is 10.3. The fourth-order valence-corrected chi connectivity index (χ4v) is 3.92. The maximum atomic E-state index is 6.28. The van der Waals surface area contributed by atoms with Gasteiger partial charge in [-0.1, -0.05) is 11.6 Å². The summed E-state index contributed by atoms with van der Waals surface area (Å²) in [6, 6.07) is 3.91. The van der Waals surface area contributed by atoms with E-state index in [4.69, 9.17) is 21.1 Å². The molecule has 0 saturated carbocycles. The summed E-state index contributed by atoms with van der Waals surface area (Å²) in [5.74, 6) is 2.12. The molecule has 2 aromatic rings. The number of hydrogen-bond donors (Lipinski definition) is 2. The fourth-order valence-electron chi connectivity index (χ4n) is 2.76. The average molecular weight is 523 g/mol. The van der Waals surface area contributed by atoms with E-state index in [0.717, 1.165) is 40.9 Å². The Balaban J connectivity index is 0.00000261. The molecule has 0 aliphatic carbocycles. The van der Waals surface area contributed by atoms with Crippen molar-refractivity contribution in [2.75, 3.05) is 26.8 Å². The highest BCUT2D eigenvalue weighted by Crippen LogP contribution is 2.38. The van der Waals surface area contributed by atoms with E-state index in [9.17, 15) is 0 Å². The van der Waals surface area contributed by atoms with Gasteiger partial charge in [-0.25, -0.2) is 4.98 Å². The van der Waals surface area contributed by atoms with Crippen molar-refractivity contribution in [3.63, 3.8) is 0 Å². The molecule has 0 radical (unpaired) electrons. The highest BCUT2D eigenvalue weighted by Gasteiger charge is 2.16. The van der Waals surface area contributed by atoms with Crippen molar-refractivity contribution in [1.29, 1.82) is 0 Å². The Morgan fingerprint density at radius 2 is 2.04 bits per heavy atom. The van der Waals surface area contributed by atoms with Gasteiger partial charge in [0.1, 0.15) is 13.2 Å². The van der Waals surface area contributed by atoms with Crippen LogP contribution in [-0.2, 0) is 13.0 Å². The van der Waals surface area contributed by atoms with Crippen molar-refractivity contribution in [2.45, 2.75) is 26.8 Å². The molecule has 0 unspecified atom stereocenters. The number of guanidine groups is 1. The number of nitrogens with zero attached hydrogens (tertiary/aromatic N) is 2. The molecule has 1 aliphatic heterocycles. The van der Waals surface area contributed by atoms with Crippen LogP contribution in [0, 0.1) is 13.8 Å². The van der Waals surface area contributed by atoms with Crippen molar-refractivity contribution in [3.8, 4) is 11.5 Å². The number of halogens is 2. The third-order valence-corrected chi connectivity index (χ3v) is 5.36. The molecule has 27 heavy (non-hydrogen) atoms. The zero-order chi connectivity index (χ0) is 18.5. The van der Waals surface area contributed by atoms with Gasteiger partial charge < -0.3 is 20.1 Å². The number of ether oxygens (including phenoxy) is 2. The molecule has 2 N–H and O–H groups in total. The minimum absolute atomic E-state index is 0. The van der Waals surface area contributed by atoms with E-state index in [-0.39, 0.29) is 24.0 Å². The zero-order valence-corrected chi connectivity index (χ0v) is 19.5. The van der Waals surface area contributed by atoms with Crippen LogP contribution in [0.2, 0.25) is 5.02 Å². The number of nitrogens with one attached hydrogen (secondary N) is 2. The molecule has 1 aromatic carbocycles. The molecule has 6 nitrogen and oxygen atoms in total. The number of rotatable bonds is 5. The van der Waals surface area contributed by atoms with Crippen molar-refractivity contribution >= 4 is 52.9 Å². The molecule has 0 spiro atoms. The summed E-state index contributed by atoms with van der Waals surface area (Å²) in [4.78, 5) is 9.94. The van der Waals surface area contributed by atoms with E-state index in [1.807, 2.05) is 26.0 Å². The molecule has 0 fully saturated rings. The van der Waals surface area contributed by atoms with Crippen molar-refractivity contribution in [1.82, 2.24) is 15.6 Å². The predicted molar refractivity (Wildman–Crippen MR) is 121 cm³/mol. The summed E-state index contributed by atoms with van der Waals surface area (Å²) < 4.78 is 11.2. The highest BCUT2D eigenvalue weighted by molar-refractivity contribution is 14.0. The highest BCUT2D eigenvalue weighted by atomic mass is 127. The van der Waals surface area contributed by atoms with Gasteiger partial charge in [0.05, 0.1) is 22.3 Å². The third kappa shape index (κ3) is 5.86. The van der Waals surface area contributed by atoms with Crippen LogP contribution >= 0.6 is 46.9 Å². The number of fused-ring (bicyclic) bond motifs is 1. The van der Waals surface area contributed by atoms with Gasteiger partial charge in [-0.2, -0.15) is 0 Å². The molecular formula is C18H24ClIN4O2S. The van der Waals surface area contributed by atoms with Crippen LogP contribution < -0.4 is 20.1 Å². The van der Waals surface area contributed by atoms with E-state index in [2.05, 4.69) is 20.6 Å². The molecule has 1 aliphatic rings. The van der Waals surface area contributed by atoms with Crippen LogP contribution in [0.3, 0.4) is 0 Å². The lowest BCUT2D eigenvalue weighted by Crippen LogP contribution is -2.37.